The van der Waals surface area contributed by atoms with E-state index in [9.17, 15) is 19.8 Å². The van der Waals surface area contributed by atoms with E-state index >= 15 is 0 Å². The van der Waals surface area contributed by atoms with Crippen molar-refractivity contribution in [2.45, 2.75) is 85.6 Å². The molecule has 2 aromatic carbocycles. The van der Waals surface area contributed by atoms with Gasteiger partial charge in [0.15, 0.2) is 12.6 Å². The molecule has 0 aliphatic heterocycles. The summed E-state index contributed by atoms with van der Waals surface area (Å²) in [6, 6.07) is 9.98. The van der Waals surface area contributed by atoms with Gasteiger partial charge in [0.25, 0.3) is 0 Å². The van der Waals surface area contributed by atoms with E-state index in [0.717, 1.165) is 0 Å². The Morgan fingerprint density at radius 3 is 1.37 bits per heavy atom. The molecule has 0 aliphatic rings. The summed E-state index contributed by atoms with van der Waals surface area (Å²) >= 11 is 0. The zero-order valence-electron chi connectivity index (χ0n) is 26.3. The fraction of sp³-hybridized carbons (Fsp3) is 0.455. The number of aliphatic hydroxyl groups is 2. The quantitative estimate of drug-likeness (QED) is 0.114. The van der Waals surface area contributed by atoms with E-state index in [4.69, 9.17) is 28.4 Å². The number of benzene rings is 2. The highest BCUT2D eigenvalue weighted by atomic mass is 16.7. The minimum atomic E-state index is -0.813. The molecule has 10 heteroatoms. The first-order valence-corrected chi connectivity index (χ1v) is 14.0. The second kappa shape index (κ2) is 15.7. The Hall–Kier alpha value is -3.70. The molecular weight excluding hydrogens is 556 g/mol. The Balaban J connectivity index is 2.62. The van der Waals surface area contributed by atoms with Crippen molar-refractivity contribution in [1.29, 1.82) is 0 Å². The first kappa shape index (κ1) is 35.5. The molecule has 4 unspecified atom stereocenters. The molecule has 0 radical (unpaired) electrons. The van der Waals surface area contributed by atoms with Crippen LogP contribution in [-0.4, -0.2) is 60.2 Å². The Labute approximate surface area is 253 Å². The SMILES string of the molecule is C=C(C)C(=O)Oc1ccc(C(C)(C)c2ccc(OC(=O)C(=C)C)cc2OC(C)OCC(C)O)c(OC(C)OCC(C)O)c1. The molecule has 0 aromatic heterocycles. The monoisotopic (exact) mass is 600 g/mol. The first-order valence-electron chi connectivity index (χ1n) is 14.0. The van der Waals surface area contributed by atoms with Gasteiger partial charge >= 0.3 is 11.9 Å². The normalized spacial score (nSPS) is 14.2. The van der Waals surface area contributed by atoms with E-state index in [1.807, 2.05) is 13.8 Å². The van der Waals surface area contributed by atoms with Crippen molar-refractivity contribution < 1.29 is 48.2 Å². The first-order chi connectivity index (χ1) is 20.0. The van der Waals surface area contributed by atoms with Crippen molar-refractivity contribution >= 4 is 11.9 Å². The molecule has 0 heterocycles. The summed E-state index contributed by atoms with van der Waals surface area (Å²) in [4.78, 5) is 24.4. The highest BCUT2D eigenvalue weighted by Crippen LogP contribution is 2.44. The summed E-state index contributed by atoms with van der Waals surface area (Å²) in [6.07, 6.45) is -2.91. The van der Waals surface area contributed by atoms with Crippen LogP contribution < -0.4 is 18.9 Å². The topological polar surface area (TPSA) is 130 Å². The van der Waals surface area contributed by atoms with Crippen LogP contribution >= 0.6 is 0 Å². The predicted octanol–water partition coefficient (Wildman–Crippen LogP) is 5.22. The second-order valence-corrected chi connectivity index (χ2v) is 11.0. The summed E-state index contributed by atoms with van der Waals surface area (Å²) in [5.74, 6) is 0.0265. The van der Waals surface area contributed by atoms with Gasteiger partial charge in [-0.05, 0) is 53.7 Å². The molecule has 0 amide bonds. The largest absolute Gasteiger partial charge is 0.465 e. The van der Waals surface area contributed by atoms with Crippen LogP contribution in [0.1, 0.15) is 66.5 Å². The maximum Gasteiger partial charge on any atom is 0.338 e. The molecule has 10 nitrogen and oxygen atoms in total. The number of hydrogen-bond acceptors (Lipinski definition) is 10. The van der Waals surface area contributed by atoms with E-state index in [-0.39, 0.29) is 35.9 Å². The molecule has 0 bridgehead atoms. The van der Waals surface area contributed by atoms with Crippen molar-refractivity contribution in [3.05, 3.63) is 71.8 Å². The van der Waals surface area contributed by atoms with Crippen molar-refractivity contribution in [1.82, 2.24) is 0 Å². The molecule has 2 aromatic rings. The lowest BCUT2D eigenvalue weighted by Gasteiger charge is -2.32. The van der Waals surface area contributed by atoms with E-state index in [1.54, 1.807) is 77.9 Å². The molecule has 43 heavy (non-hydrogen) atoms. The van der Waals surface area contributed by atoms with E-state index < -0.39 is 42.1 Å². The number of carbonyl (C=O) groups is 2. The van der Waals surface area contributed by atoms with Crippen molar-refractivity contribution in [3.63, 3.8) is 0 Å². The predicted molar refractivity (Wildman–Crippen MR) is 161 cm³/mol. The zero-order valence-corrected chi connectivity index (χ0v) is 26.3. The molecule has 2 N–H and O–H groups in total. The highest BCUT2D eigenvalue weighted by Gasteiger charge is 2.32. The highest BCUT2D eigenvalue weighted by molar-refractivity contribution is 5.89. The van der Waals surface area contributed by atoms with Crippen molar-refractivity contribution in [2.75, 3.05) is 13.2 Å². The van der Waals surface area contributed by atoms with E-state index in [0.29, 0.717) is 22.6 Å². The molecule has 0 spiro atoms. The molecule has 0 aliphatic carbocycles. The van der Waals surface area contributed by atoms with Gasteiger partial charge in [0.1, 0.15) is 23.0 Å². The van der Waals surface area contributed by atoms with Gasteiger partial charge in [-0.1, -0.05) is 39.1 Å². The Kier molecular flexibility index (Phi) is 12.9. The summed E-state index contributed by atoms with van der Waals surface area (Å²) < 4.78 is 34.5. The van der Waals surface area contributed by atoms with Crippen LogP contribution in [0.2, 0.25) is 0 Å². The van der Waals surface area contributed by atoms with Gasteiger partial charge in [-0.25, -0.2) is 9.59 Å². The van der Waals surface area contributed by atoms with E-state index in [2.05, 4.69) is 13.2 Å². The summed E-state index contributed by atoms with van der Waals surface area (Å²) in [5.41, 5.74) is 1.03. The van der Waals surface area contributed by atoms with Crippen molar-refractivity contribution in [3.8, 4) is 23.0 Å². The Morgan fingerprint density at radius 1 is 0.721 bits per heavy atom. The number of esters is 2. The zero-order chi connectivity index (χ0) is 32.5. The van der Waals surface area contributed by atoms with Crippen molar-refractivity contribution in [2.24, 2.45) is 0 Å². The van der Waals surface area contributed by atoms with Crippen LogP contribution in [0.15, 0.2) is 60.7 Å². The Bertz CT molecular complexity index is 1200. The van der Waals surface area contributed by atoms with Crippen LogP contribution in [0.3, 0.4) is 0 Å². The molecule has 0 saturated carbocycles. The van der Waals surface area contributed by atoms with Gasteiger partial charge in [-0.2, -0.15) is 0 Å². The summed E-state index contributed by atoms with van der Waals surface area (Å²) in [5, 5.41) is 19.3. The lowest BCUT2D eigenvalue weighted by atomic mass is 9.77. The van der Waals surface area contributed by atoms with Gasteiger partial charge in [0.2, 0.25) is 0 Å². The molecular formula is C33H44O10. The molecule has 4 atom stereocenters. The van der Waals surface area contributed by atoms with Gasteiger partial charge in [-0.15, -0.1) is 0 Å². The lowest BCUT2D eigenvalue weighted by molar-refractivity contribution is -0.131. The average molecular weight is 601 g/mol. The number of rotatable bonds is 16. The van der Waals surface area contributed by atoms with Crippen LogP contribution in [0.5, 0.6) is 23.0 Å². The molecule has 236 valence electrons. The minimum Gasteiger partial charge on any atom is -0.465 e. The lowest BCUT2D eigenvalue weighted by Crippen LogP contribution is -2.27. The van der Waals surface area contributed by atoms with Gasteiger partial charge in [0.05, 0.1) is 25.4 Å². The molecule has 0 fully saturated rings. The minimum absolute atomic E-state index is 0.0525. The summed E-state index contributed by atoms with van der Waals surface area (Å²) in [6.45, 7) is 20.9. The third-order valence-corrected chi connectivity index (χ3v) is 6.10. The fourth-order valence-electron chi connectivity index (χ4n) is 3.87. The smallest absolute Gasteiger partial charge is 0.338 e. The standard InChI is InChI=1S/C33H44O10/c1-19(2)31(36)42-25-11-13-27(29(15-25)40-23(7)38-17-21(5)34)33(9,10)28-14-12-26(43-32(37)20(3)4)16-30(28)41-24(8)39-18-22(6)35/h11-16,21-24,34-35H,1,3,17-18H2,2,4-10H3. The third kappa shape index (κ3) is 10.8. The number of hydrogen-bond donors (Lipinski definition) is 2. The molecule has 2 rings (SSSR count). The maximum atomic E-state index is 12.2. The molecule has 0 saturated heterocycles. The fourth-order valence-corrected chi connectivity index (χ4v) is 3.87. The van der Waals surface area contributed by atoms with Gasteiger partial charge < -0.3 is 38.6 Å². The number of aliphatic hydroxyl groups excluding tert-OH is 2. The maximum absolute atomic E-state index is 12.2. The summed E-state index contributed by atoms with van der Waals surface area (Å²) in [7, 11) is 0. The number of carbonyl (C=O) groups excluding carboxylic acids is 2. The average Bonchev–Trinajstić information content (AvgIpc) is 2.90. The van der Waals surface area contributed by atoms with Crippen LogP contribution in [0.4, 0.5) is 0 Å². The van der Waals surface area contributed by atoms with Gasteiger partial charge in [0, 0.05) is 39.8 Å². The Morgan fingerprint density at radius 2 is 1.07 bits per heavy atom. The second-order valence-electron chi connectivity index (χ2n) is 11.0. The number of ether oxygens (including phenoxy) is 6. The van der Waals surface area contributed by atoms with E-state index in [1.165, 1.54) is 0 Å². The third-order valence-electron chi connectivity index (χ3n) is 6.10. The van der Waals surface area contributed by atoms with Gasteiger partial charge in [-0.3, -0.25) is 0 Å². The van der Waals surface area contributed by atoms with Crippen LogP contribution in [0, 0.1) is 0 Å². The van der Waals surface area contributed by atoms with Crippen LogP contribution in [0.25, 0.3) is 0 Å². The van der Waals surface area contributed by atoms with Crippen LogP contribution in [-0.2, 0) is 24.5 Å².